The second-order valence-corrected chi connectivity index (χ2v) is 7.59. The van der Waals surface area contributed by atoms with Crippen LogP contribution in [0.25, 0.3) is 0 Å². The molecule has 2 N–H and O–H groups in total. The van der Waals surface area contributed by atoms with E-state index in [4.69, 9.17) is 0 Å². The first-order valence-corrected chi connectivity index (χ1v) is 10.1. The van der Waals surface area contributed by atoms with Gasteiger partial charge in [-0.15, -0.1) is 35.3 Å². The summed E-state index contributed by atoms with van der Waals surface area (Å²) in [6.45, 7) is 6.88. The summed E-state index contributed by atoms with van der Waals surface area (Å²) < 4.78 is 37.6. The quantitative estimate of drug-likeness (QED) is 0.244. The van der Waals surface area contributed by atoms with Gasteiger partial charge in [-0.2, -0.15) is 13.2 Å². The normalized spacial score (nSPS) is 17.1. The van der Waals surface area contributed by atoms with Gasteiger partial charge >= 0.3 is 6.18 Å². The van der Waals surface area contributed by atoms with Gasteiger partial charge in [0.05, 0.1) is 5.01 Å². The minimum atomic E-state index is -4.37. The minimum absolute atomic E-state index is 0. The number of rotatable bonds is 7. The zero-order valence-electron chi connectivity index (χ0n) is 16.4. The Balaban J connectivity index is 0.00000392. The highest BCUT2D eigenvalue weighted by atomic mass is 127. The van der Waals surface area contributed by atoms with Crippen molar-refractivity contribution < 1.29 is 13.2 Å². The molecule has 2 rings (SSSR count). The van der Waals surface area contributed by atoms with Crippen LogP contribution in [0, 0.1) is 0 Å². The van der Waals surface area contributed by atoms with Crippen LogP contribution < -0.4 is 10.6 Å². The van der Waals surface area contributed by atoms with Gasteiger partial charge in [-0.25, -0.2) is 4.98 Å². The number of aliphatic imine (C=N–C) groups is 1. The molecule has 1 aliphatic rings. The highest BCUT2D eigenvalue weighted by Crippen LogP contribution is 2.29. The van der Waals surface area contributed by atoms with Gasteiger partial charge < -0.3 is 20.4 Å². The molecular weight excluding hydrogens is 504 g/mol. The van der Waals surface area contributed by atoms with E-state index in [0.717, 1.165) is 62.4 Å². The summed E-state index contributed by atoms with van der Waals surface area (Å²) in [6, 6.07) is 0. The van der Waals surface area contributed by atoms with E-state index in [1.165, 1.54) is 6.42 Å². The van der Waals surface area contributed by atoms with Gasteiger partial charge in [0.15, 0.2) is 11.7 Å². The standard InChI is InChI=1S/C17H29F3N6S.HI/c1-21-16(22-6-3-9-26-10-4-8-25(2)11-12-26)23-7-5-15-24-14(13-27-15)17(18,19)20;/h13H,3-12H2,1-2H3,(H2,21,22,23);1H. The number of halogens is 4. The van der Waals surface area contributed by atoms with Crippen molar-refractivity contribution in [3.63, 3.8) is 0 Å². The third-order valence-electron chi connectivity index (χ3n) is 4.45. The molecule has 1 aliphatic heterocycles. The molecule has 2 heterocycles. The monoisotopic (exact) mass is 534 g/mol. The molecule has 0 amide bonds. The van der Waals surface area contributed by atoms with Gasteiger partial charge in [0.2, 0.25) is 0 Å². The summed E-state index contributed by atoms with van der Waals surface area (Å²) in [5.74, 6) is 0.665. The molecule has 0 aromatic carbocycles. The fourth-order valence-electron chi connectivity index (χ4n) is 2.90. The van der Waals surface area contributed by atoms with E-state index in [1.807, 2.05) is 0 Å². The Labute approximate surface area is 186 Å². The lowest BCUT2D eigenvalue weighted by molar-refractivity contribution is -0.140. The predicted octanol–water partition coefficient (Wildman–Crippen LogP) is 2.52. The Morgan fingerprint density at radius 1 is 1.21 bits per heavy atom. The van der Waals surface area contributed by atoms with Crippen LogP contribution in [0.1, 0.15) is 23.5 Å². The lowest BCUT2D eigenvalue weighted by Gasteiger charge is -2.20. The van der Waals surface area contributed by atoms with Crippen LogP contribution in [0.3, 0.4) is 0 Å². The van der Waals surface area contributed by atoms with E-state index in [0.29, 0.717) is 23.9 Å². The molecule has 1 fully saturated rings. The Morgan fingerprint density at radius 3 is 2.64 bits per heavy atom. The molecule has 6 nitrogen and oxygen atoms in total. The van der Waals surface area contributed by atoms with Gasteiger partial charge in [-0.05, 0) is 39.5 Å². The van der Waals surface area contributed by atoms with Crippen LogP contribution in [0.15, 0.2) is 10.4 Å². The first kappa shape index (κ1) is 25.4. The molecule has 28 heavy (non-hydrogen) atoms. The minimum Gasteiger partial charge on any atom is -0.356 e. The van der Waals surface area contributed by atoms with Crippen molar-refractivity contribution >= 4 is 41.3 Å². The number of nitrogens with one attached hydrogen (secondary N) is 2. The molecule has 1 aromatic heterocycles. The van der Waals surface area contributed by atoms with Crippen molar-refractivity contribution in [2.45, 2.75) is 25.4 Å². The molecular formula is C17H30F3IN6S. The number of nitrogens with zero attached hydrogens (tertiary/aromatic N) is 4. The molecule has 0 spiro atoms. The predicted molar refractivity (Wildman–Crippen MR) is 119 cm³/mol. The van der Waals surface area contributed by atoms with E-state index >= 15 is 0 Å². The van der Waals surface area contributed by atoms with Gasteiger partial charge in [0.25, 0.3) is 0 Å². The molecule has 1 aromatic rings. The smallest absolute Gasteiger partial charge is 0.356 e. The van der Waals surface area contributed by atoms with Gasteiger partial charge in [-0.3, -0.25) is 4.99 Å². The van der Waals surface area contributed by atoms with E-state index < -0.39 is 11.9 Å². The third kappa shape index (κ3) is 9.23. The maximum atomic E-state index is 12.5. The summed E-state index contributed by atoms with van der Waals surface area (Å²) in [5.41, 5.74) is -0.815. The second kappa shape index (κ2) is 12.8. The highest BCUT2D eigenvalue weighted by Gasteiger charge is 2.33. The van der Waals surface area contributed by atoms with Crippen LogP contribution in [-0.2, 0) is 12.6 Å². The summed E-state index contributed by atoms with van der Waals surface area (Å²) in [7, 11) is 3.85. The number of likely N-dealkylation sites (N-methyl/N-ethyl adjacent to an activating group) is 1. The fourth-order valence-corrected chi connectivity index (χ4v) is 3.70. The van der Waals surface area contributed by atoms with E-state index in [-0.39, 0.29) is 24.0 Å². The van der Waals surface area contributed by atoms with Crippen LogP contribution in [-0.4, -0.2) is 80.7 Å². The van der Waals surface area contributed by atoms with Crippen LogP contribution in [0.4, 0.5) is 13.2 Å². The molecule has 0 atom stereocenters. The molecule has 0 saturated carbocycles. The number of aromatic nitrogens is 1. The summed E-state index contributed by atoms with van der Waals surface area (Å²) in [6.07, 6.45) is -1.71. The number of hydrogen-bond donors (Lipinski definition) is 2. The molecule has 0 unspecified atom stereocenters. The largest absolute Gasteiger partial charge is 0.434 e. The van der Waals surface area contributed by atoms with Crippen molar-refractivity contribution in [3.05, 3.63) is 16.1 Å². The van der Waals surface area contributed by atoms with Crippen molar-refractivity contribution in [3.8, 4) is 0 Å². The van der Waals surface area contributed by atoms with Gasteiger partial charge in [0, 0.05) is 45.0 Å². The Kier molecular flexibility index (Phi) is 11.6. The number of thiazole rings is 1. The van der Waals surface area contributed by atoms with E-state index in [1.54, 1.807) is 7.05 Å². The SMILES string of the molecule is CN=C(NCCCN1CCCN(C)CC1)NCCc1nc(C(F)(F)F)cs1.I. The Bertz CT molecular complexity index is 596. The van der Waals surface area contributed by atoms with Crippen molar-refractivity contribution in [1.82, 2.24) is 25.4 Å². The highest BCUT2D eigenvalue weighted by molar-refractivity contribution is 14.0. The molecule has 0 radical (unpaired) electrons. The Hall–Kier alpha value is -0.660. The van der Waals surface area contributed by atoms with E-state index in [9.17, 15) is 13.2 Å². The zero-order chi connectivity index (χ0) is 19.7. The van der Waals surface area contributed by atoms with Crippen LogP contribution in [0.2, 0.25) is 0 Å². The lowest BCUT2D eigenvalue weighted by atomic mass is 10.3. The lowest BCUT2D eigenvalue weighted by Crippen LogP contribution is -2.40. The van der Waals surface area contributed by atoms with Crippen LogP contribution in [0.5, 0.6) is 0 Å². The van der Waals surface area contributed by atoms with Crippen molar-refractivity contribution in [2.75, 3.05) is 59.9 Å². The first-order chi connectivity index (χ1) is 12.9. The average molecular weight is 534 g/mol. The zero-order valence-corrected chi connectivity index (χ0v) is 19.5. The van der Waals surface area contributed by atoms with Gasteiger partial charge in [0.1, 0.15) is 0 Å². The number of hydrogen-bond acceptors (Lipinski definition) is 5. The maximum absolute atomic E-state index is 12.5. The number of alkyl halides is 3. The van der Waals surface area contributed by atoms with Crippen molar-refractivity contribution in [1.29, 1.82) is 0 Å². The van der Waals surface area contributed by atoms with E-state index in [2.05, 4.69) is 37.5 Å². The van der Waals surface area contributed by atoms with Crippen LogP contribution >= 0.6 is 35.3 Å². The third-order valence-corrected chi connectivity index (χ3v) is 5.36. The molecule has 0 bridgehead atoms. The average Bonchev–Trinajstić information content (AvgIpc) is 3.01. The molecule has 162 valence electrons. The Morgan fingerprint density at radius 2 is 1.96 bits per heavy atom. The molecule has 11 heteroatoms. The summed E-state index contributed by atoms with van der Waals surface area (Å²) >= 11 is 1.03. The first-order valence-electron chi connectivity index (χ1n) is 9.25. The number of guanidine groups is 1. The fraction of sp³-hybridized carbons (Fsp3) is 0.765. The molecule has 1 saturated heterocycles. The second-order valence-electron chi connectivity index (χ2n) is 6.65. The molecule has 0 aliphatic carbocycles. The summed E-state index contributed by atoms with van der Waals surface area (Å²) in [5, 5.41) is 7.91. The van der Waals surface area contributed by atoms with Gasteiger partial charge in [-0.1, -0.05) is 0 Å². The maximum Gasteiger partial charge on any atom is 0.434 e. The summed E-state index contributed by atoms with van der Waals surface area (Å²) in [4.78, 5) is 12.6. The van der Waals surface area contributed by atoms with Crippen molar-refractivity contribution in [2.24, 2.45) is 4.99 Å². The topological polar surface area (TPSA) is 55.8 Å².